The van der Waals surface area contributed by atoms with Gasteiger partial charge in [-0.2, -0.15) is 13.2 Å². The van der Waals surface area contributed by atoms with Gasteiger partial charge >= 0.3 is 6.18 Å². The zero-order valence-electron chi connectivity index (χ0n) is 14.9. The molecule has 5 nitrogen and oxygen atoms in total. The lowest BCUT2D eigenvalue weighted by molar-refractivity contribution is -0.136. The number of carbonyl (C=O) groups is 2. The molecule has 0 spiro atoms. The van der Waals surface area contributed by atoms with E-state index in [1.54, 1.807) is 19.1 Å². The van der Waals surface area contributed by atoms with E-state index in [1.165, 1.54) is 30.5 Å². The molecule has 0 atom stereocenters. The van der Waals surface area contributed by atoms with Crippen LogP contribution < -0.4 is 10.6 Å². The molecule has 1 heterocycles. The maximum Gasteiger partial charge on any atom is 0.418 e. The first-order chi connectivity index (χ1) is 13.6. The van der Waals surface area contributed by atoms with Crippen LogP contribution in [0.5, 0.6) is 0 Å². The van der Waals surface area contributed by atoms with E-state index in [-0.39, 0.29) is 17.0 Å². The van der Waals surface area contributed by atoms with Crippen molar-refractivity contribution in [3.05, 3.63) is 81.7 Å². The number of alkyl halides is 3. The van der Waals surface area contributed by atoms with Gasteiger partial charge < -0.3 is 15.1 Å². The number of benzene rings is 2. The summed E-state index contributed by atoms with van der Waals surface area (Å²) >= 11 is 3.27. The number of amides is 2. The SMILES string of the molecule is Cc1cc(Br)ccc1C(=O)Nc1ccc(NC(=O)c2ccco2)cc1C(F)(F)F. The predicted octanol–water partition coefficient (Wildman–Crippen LogP) is 5.87. The summed E-state index contributed by atoms with van der Waals surface area (Å²) in [4.78, 5) is 24.5. The van der Waals surface area contributed by atoms with Crippen LogP contribution in [0.3, 0.4) is 0 Å². The summed E-state index contributed by atoms with van der Waals surface area (Å²) in [6, 6.07) is 10.8. The number of aryl methyl sites for hydroxylation is 1. The quantitative estimate of drug-likeness (QED) is 0.504. The third kappa shape index (κ3) is 4.86. The van der Waals surface area contributed by atoms with E-state index in [0.717, 1.165) is 16.6 Å². The number of furan rings is 1. The van der Waals surface area contributed by atoms with E-state index in [4.69, 9.17) is 4.42 Å². The Hall–Kier alpha value is -3.07. The van der Waals surface area contributed by atoms with Crippen LogP contribution in [0.15, 0.2) is 63.7 Å². The smallest absolute Gasteiger partial charge is 0.418 e. The molecule has 0 bridgehead atoms. The minimum atomic E-state index is -4.75. The molecule has 1 aromatic heterocycles. The van der Waals surface area contributed by atoms with Crippen LogP contribution in [-0.4, -0.2) is 11.8 Å². The third-order valence-electron chi connectivity index (χ3n) is 4.01. The Morgan fingerprint density at radius 2 is 1.76 bits per heavy atom. The fourth-order valence-corrected chi connectivity index (χ4v) is 3.11. The molecule has 0 aliphatic rings. The molecule has 0 unspecified atom stereocenters. The fraction of sp³-hybridized carbons (Fsp3) is 0.100. The standard InChI is InChI=1S/C20H14BrF3N2O3/c1-11-9-12(21)4-6-14(11)18(27)26-16-7-5-13(10-15(16)20(22,23)24)25-19(28)17-3-2-8-29-17/h2-10H,1H3,(H,25,28)(H,26,27). The van der Waals surface area contributed by atoms with E-state index in [1.807, 2.05) is 0 Å². The summed E-state index contributed by atoms with van der Waals surface area (Å²) < 4.78 is 46.3. The maximum atomic E-state index is 13.5. The van der Waals surface area contributed by atoms with Crippen molar-refractivity contribution in [2.24, 2.45) is 0 Å². The van der Waals surface area contributed by atoms with Crippen LogP contribution in [0.2, 0.25) is 0 Å². The number of halogens is 4. The number of hydrogen-bond donors (Lipinski definition) is 2. The van der Waals surface area contributed by atoms with Gasteiger partial charge in [-0.15, -0.1) is 0 Å². The van der Waals surface area contributed by atoms with Crippen molar-refractivity contribution < 1.29 is 27.2 Å². The van der Waals surface area contributed by atoms with E-state index < -0.39 is 29.2 Å². The molecule has 0 saturated carbocycles. The summed E-state index contributed by atoms with van der Waals surface area (Å²) in [5.74, 6) is -1.40. The molecule has 0 fully saturated rings. The first-order valence-electron chi connectivity index (χ1n) is 8.29. The number of carbonyl (C=O) groups excluding carboxylic acids is 2. The van der Waals surface area contributed by atoms with Crippen molar-refractivity contribution in [3.63, 3.8) is 0 Å². The molecule has 2 aromatic carbocycles. The molecular weight excluding hydrogens is 453 g/mol. The van der Waals surface area contributed by atoms with Crippen molar-refractivity contribution in [1.82, 2.24) is 0 Å². The van der Waals surface area contributed by atoms with Crippen LogP contribution in [0.4, 0.5) is 24.5 Å². The van der Waals surface area contributed by atoms with Crippen molar-refractivity contribution in [2.45, 2.75) is 13.1 Å². The van der Waals surface area contributed by atoms with Crippen molar-refractivity contribution in [2.75, 3.05) is 10.6 Å². The molecule has 29 heavy (non-hydrogen) atoms. The van der Waals surface area contributed by atoms with Crippen LogP contribution >= 0.6 is 15.9 Å². The molecule has 150 valence electrons. The highest BCUT2D eigenvalue weighted by molar-refractivity contribution is 9.10. The number of nitrogens with one attached hydrogen (secondary N) is 2. The second-order valence-electron chi connectivity index (χ2n) is 6.10. The van der Waals surface area contributed by atoms with Crippen molar-refractivity contribution >= 4 is 39.1 Å². The Bertz CT molecular complexity index is 1060. The van der Waals surface area contributed by atoms with Gasteiger partial charge in [-0.3, -0.25) is 9.59 Å². The molecule has 0 radical (unpaired) electrons. The molecule has 9 heteroatoms. The minimum absolute atomic E-state index is 0.0401. The molecule has 0 aliphatic heterocycles. The van der Waals surface area contributed by atoms with Crippen LogP contribution in [-0.2, 0) is 6.18 Å². The van der Waals surface area contributed by atoms with Gasteiger partial charge in [0.05, 0.1) is 17.5 Å². The first-order valence-corrected chi connectivity index (χ1v) is 9.08. The molecule has 0 saturated heterocycles. The van der Waals surface area contributed by atoms with Gasteiger partial charge in [0.25, 0.3) is 11.8 Å². The highest BCUT2D eigenvalue weighted by Gasteiger charge is 2.34. The number of anilines is 2. The fourth-order valence-electron chi connectivity index (χ4n) is 2.64. The molecular formula is C20H14BrF3N2O3. The summed E-state index contributed by atoms with van der Waals surface area (Å²) in [5, 5.41) is 4.63. The van der Waals surface area contributed by atoms with Crippen LogP contribution in [0, 0.1) is 6.92 Å². The summed E-state index contributed by atoms with van der Waals surface area (Å²) in [7, 11) is 0. The third-order valence-corrected chi connectivity index (χ3v) is 4.50. The zero-order valence-corrected chi connectivity index (χ0v) is 16.5. The molecule has 3 aromatic rings. The van der Waals surface area contributed by atoms with Gasteiger partial charge in [0.15, 0.2) is 5.76 Å². The Balaban J connectivity index is 1.88. The van der Waals surface area contributed by atoms with Gasteiger partial charge in [-0.25, -0.2) is 0 Å². The van der Waals surface area contributed by atoms with Gasteiger partial charge in [-0.05, 0) is 61.0 Å². The number of hydrogen-bond acceptors (Lipinski definition) is 3. The topological polar surface area (TPSA) is 71.3 Å². The van der Waals surface area contributed by atoms with E-state index in [2.05, 4.69) is 26.6 Å². The maximum absolute atomic E-state index is 13.5. The average molecular weight is 467 g/mol. The predicted molar refractivity (Wildman–Crippen MR) is 105 cm³/mol. The van der Waals surface area contributed by atoms with Crippen LogP contribution in [0.1, 0.15) is 32.0 Å². The van der Waals surface area contributed by atoms with E-state index >= 15 is 0 Å². The average Bonchev–Trinajstić information content (AvgIpc) is 3.16. The second kappa shape index (κ2) is 8.12. The largest absolute Gasteiger partial charge is 0.459 e. The van der Waals surface area contributed by atoms with E-state index in [0.29, 0.717) is 5.56 Å². The van der Waals surface area contributed by atoms with Gasteiger partial charge in [0.1, 0.15) is 0 Å². The monoisotopic (exact) mass is 466 g/mol. The summed E-state index contributed by atoms with van der Waals surface area (Å²) in [6.07, 6.45) is -3.47. The Morgan fingerprint density at radius 1 is 1.00 bits per heavy atom. The Kier molecular flexibility index (Phi) is 5.78. The molecule has 3 rings (SSSR count). The zero-order chi connectivity index (χ0) is 21.2. The molecule has 2 amide bonds. The van der Waals surface area contributed by atoms with Gasteiger partial charge in [0.2, 0.25) is 0 Å². The highest BCUT2D eigenvalue weighted by atomic mass is 79.9. The van der Waals surface area contributed by atoms with Crippen molar-refractivity contribution in [3.8, 4) is 0 Å². The van der Waals surface area contributed by atoms with Crippen molar-refractivity contribution in [1.29, 1.82) is 0 Å². The lowest BCUT2D eigenvalue weighted by Gasteiger charge is -2.16. The van der Waals surface area contributed by atoms with Gasteiger partial charge in [-0.1, -0.05) is 15.9 Å². The molecule has 0 aliphatic carbocycles. The lowest BCUT2D eigenvalue weighted by Crippen LogP contribution is -2.18. The summed E-state index contributed by atoms with van der Waals surface area (Å²) in [5.41, 5.74) is -0.737. The number of rotatable bonds is 4. The minimum Gasteiger partial charge on any atom is -0.459 e. The normalized spacial score (nSPS) is 11.2. The lowest BCUT2D eigenvalue weighted by atomic mass is 10.1. The highest BCUT2D eigenvalue weighted by Crippen LogP contribution is 2.37. The van der Waals surface area contributed by atoms with Gasteiger partial charge in [0, 0.05) is 15.7 Å². The first kappa shape index (κ1) is 20.7. The summed E-state index contributed by atoms with van der Waals surface area (Å²) in [6.45, 7) is 1.68. The molecule has 2 N–H and O–H groups in total. The van der Waals surface area contributed by atoms with Crippen LogP contribution in [0.25, 0.3) is 0 Å². The second-order valence-corrected chi connectivity index (χ2v) is 7.02. The van der Waals surface area contributed by atoms with E-state index in [9.17, 15) is 22.8 Å². The Morgan fingerprint density at radius 3 is 2.38 bits per heavy atom. The Labute approximate surface area is 172 Å².